The number of ether oxygens (including phenoxy) is 2. The van der Waals surface area contributed by atoms with Crippen molar-refractivity contribution in [3.05, 3.63) is 71.3 Å². The van der Waals surface area contributed by atoms with Crippen molar-refractivity contribution >= 4 is 17.7 Å². The van der Waals surface area contributed by atoms with E-state index in [9.17, 15) is 14.4 Å². The van der Waals surface area contributed by atoms with E-state index in [0.29, 0.717) is 68.6 Å². The topological polar surface area (TPSA) is 119 Å². The lowest BCUT2D eigenvalue weighted by atomic mass is 9.99. The molecule has 3 aliphatic heterocycles. The molecule has 4 heterocycles. The van der Waals surface area contributed by atoms with Crippen LogP contribution in [0.1, 0.15) is 60.9 Å². The summed E-state index contributed by atoms with van der Waals surface area (Å²) in [5, 5.41) is 7.91. The number of nitrogens with one attached hydrogen (secondary N) is 1. The minimum atomic E-state index is -0.524. The molecule has 1 N–H and O–H groups in total. The van der Waals surface area contributed by atoms with Crippen molar-refractivity contribution in [1.29, 1.82) is 0 Å². The maximum atomic E-state index is 13.7. The van der Waals surface area contributed by atoms with Gasteiger partial charge in [0, 0.05) is 26.1 Å². The van der Waals surface area contributed by atoms with Crippen LogP contribution in [0.25, 0.3) is 0 Å². The number of hydrogen-bond acceptors (Lipinski definition) is 7. The number of nitrogens with zero attached hydrogens (tertiary/aromatic N) is 5. The zero-order valence-corrected chi connectivity index (χ0v) is 24.5. The molecule has 3 amide bonds. The SMILES string of the molecule is Cc1nc2n(n1)CCN(C(=O)Cc1ccc3c(c1)OCO3)CCCC(=O)N1CCCC[C@H]1C(=O)N[C@@H]2Cc1ccccc1. The number of piperidine rings is 1. The average Bonchev–Trinajstić information content (AvgIpc) is 3.64. The van der Waals surface area contributed by atoms with E-state index >= 15 is 0 Å². The highest BCUT2D eigenvalue weighted by Gasteiger charge is 2.34. The molecule has 11 nitrogen and oxygen atoms in total. The van der Waals surface area contributed by atoms with Crippen molar-refractivity contribution in [2.75, 3.05) is 26.4 Å². The maximum Gasteiger partial charge on any atom is 0.243 e. The number of benzene rings is 2. The first-order valence-corrected chi connectivity index (χ1v) is 15.2. The van der Waals surface area contributed by atoms with Gasteiger partial charge in [0.25, 0.3) is 0 Å². The number of carbonyl (C=O) groups excluding carboxylic acids is 3. The number of carbonyl (C=O) groups is 3. The molecule has 0 unspecified atom stereocenters. The largest absolute Gasteiger partial charge is 0.454 e. The number of rotatable bonds is 4. The molecular formula is C32H38N6O5. The van der Waals surface area contributed by atoms with Gasteiger partial charge in [-0.3, -0.25) is 14.4 Å². The van der Waals surface area contributed by atoms with Gasteiger partial charge in [0.15, 0.2) is 11.5 Å². The van der Waals surface area contributed by atoms with Crippen LogP contribution in [0.5, 0.6) is 11.5 Å². The smallest absolute Gasteiger partial charge is 0.243 e. The summed E-state index contributed by atoms with van der Waals surface area (Å²) in [4.78, 5) is 49.1. The normalized spacial score (nSPS) is 21.0. The predicted octanol–water partition coefficient (Wildman–Crippen LogP) is 2.96. The van der Waals surface area contributed by atoms with E-state index in [2.05, 4.69) is 10.4 Å². The Balaban J connectivity index is 1.29. The first-order valence-electron chi connectivity index (χ1n) is 15.2. The molecule has 1 aromatic heterocycles. The van der Waals surface area contributed by atoms with Gasteiger partial charge >= 0.3 is 0 Å². The molecule has 0 bridgehead atoms. The van der Waals surface area contributed by atoms with Crippen LogP contribution in [0.2, 0.25) is 0 Å². The highest BCUT2D eigenvalue weighted by atomic mass is 16.7. The van der Waals surface area contributed by atoms with Crippen LogP contribution in [0.15, 0.2) is 48.5 Å². The second-order valence-corrected chi connectivity index (χ2v) is 11.4. The lowest BCUT2D eigenvalue weighted by Gasteiger charge is -2.36. The zero-order chi connectivity index (χ0) is 29.8. The number of amides is 3. The van der Waals surface area contributed by atoms with Crippen molar-refractivity contribution in [3.63, 3.8) is 0 Å². The molecule has 6 rings (SSSR count). The fourth-order valence-corrected chi connectivity index (χ4v) is 6.20. The summed E-state index contributed by atoms with van der Waals surface area (Å²) in [6.45, 7) is 3.80. The van der Waals surface area contributed by atoms with Crippen LogP contribution in [0, 0.1) is 6.92 Å². The van der Waals surface area contributed by atoms with Gasteiger partial charge in [-0.05, 0) is 62.3 Å². The Hall–Kier alpha value is -4.41. The second-order valence-electron chi connectivity index (χ2n) is 11.4. The van der Waals surface area contributed by atoms with Gasteiger partial charge in [-0.1, -0.05) is 36.4 Å². The highest BCUT2D eigenvalue weighted by molar-refractivity contribution is 5.88. The number of aromatic nitrogens is 3. The van der Waals surface area contributed by atoms with E-state index in [-0.39, 0.29) is 37.4 Å². The number of aryl methyl sites for hydroxylation is 1. The van der Waals surface area contributed by atoms with Crippen molar-refractivity contribution in [2.45, 2.75) is 70.5 Å². The molecule has 3 aliphatic rings. The van der Waals surface area contributed by atoms with Crippen LogP contribution in [0.3, 0.4) is 0 Å². The van der Waals surface area contributed by atoms with Crippen molar-refractivity contribution in [1.82, 2.24) is 29.9 Å². The number of hydrogen-bond donors (Lipinski definition) is 1. The molecule has 11 heteroatoms. The van der Waals surface area contributed by atoms with Crippen LogP contribution >= 0.6 is 0 Å². The average molecular weight is 587 g/mol. The van der Waals surface area contributed by atoms with Gasteiger partial charge in [-0.2, -0.15) is 5.10 Å². The summed E-state index contributed by atoms with van der Waals surface area (Å²) in [5.74, 6) is 2.32. The summed E-state index contributed by atoms with van der Waals surface area (Å²) in [7, 11) is 0. The first kappa shape index (κ1) is 28.7. The quantitative estimate of drug-likeness (QED) is 0.499. The molecule has 1 saturated heterocycles. The van der Waals surface area contributed by atoms with Crippen molar-refractivity contribution in [3.8, 4) is 11.5 Å². The molecule has 3 aromatic rings. The Morgan fingerprint density at radius 1 is 0.953 bits per heavy atom. The Kier molecular flexibility index (Phi) is 8.57. The van der Waals surface area contributed by atoms with Crippen LogP contribution in [0.4, 0.5) is 0 Å². The van der Waals surface area contributed by atoms with E-state index in [1.807, 2.05) is 65.0 Å². The maximum absolute atomic E-state index is 13.7. The monoisotopic (exact) mass is 586 g/mol. The Labute approximate surface area is 251 Å². The Morgan fingerprint density at radius 2 is 1.79 bits per heavy atom. The zero-order valence-electron chi connectivity index (χ0n) is 24.5. The number of fused-ring (bicyclic) bond motifs is 3. The van der Waals surface area contributed by atoms with Crippen LogP contribution < -0.4 is 14.8 Å². The predicted molar refractivity (Wildman–Crippen MR) is 157 cm³/mol. The first-order chi connectivity index (χ1) is 20.9. The summed E-state index contributed by atoms with van der Waals surface area (Å²) in [6, 6.07) is 14.5. The minimum absolute atomic E-state index is 0.0400. The molecule has 43 heavy (non-hydrogen) atoms. The minimum Gasteiger partial charge on any atom is -0.454 e. The van der Waals surface area contributed by atoms with Gasteiger partial charge in [0.05, 0.1) is 19.0 Å². The van der Waals surface area contributed by atoms with Gasteiger partial charge in [-0.15, -0.1) is 0 Å². The van der Waals surface area contributed by atoms with Crippen molar-refractivity contribution < 1.29 is 23.9 Å². The fourth-order valence-electron chi connectivity index (χ4n) is 6.20. The fraction of sp³-hybridized carbons (Fsp3) is 0.469. The molecule has 0 radical (unpaired) electrons. The van der Waals surface area contributed by atoms with Crippen LogP contribution in [-0.2, 0) is 33.8 Å². The van der Waals surface area contributed by atoms with E-state index in [1.165, 1.54) is 0 Å². The molecule has 226 valence electrons. The van der Waals surface area contributed by atoms with Crippen LogP contribution in [-0.4, -0.2) is 74.8 Å². The molecule has 1 fully saturated rings. The second kappa shape index (κ2) is 12.8. The third kappa shape index (κ3) is 6.65. The Morgan fingerprint density at radius 3 is 2.65 bits per heavy atom. The van der Waals surface area contributed by atoms with Crippen molar-refractivity contribution in [2.24, 2.45) is 0 Å². The molecule has 2 aromatic carbocycles. The van der Waals surface area contributed by atoms with E-state index in [0.717, 1.165) is 24.0 Å². The summed E-state index contributed by atoms with van der Waals surface area (Å²) in [5.41, 5.74) is 1.89. The standard InChI is InChI=1S/C32H38N6O5/c1-22-33-31-25(18-23-8-3-2-4-9-23)34-32(41)26-10-5-6-15-37(26)29(39)11-7-14-36(16-17-38(31)35-22)30(40)20-24-12-13-27-28(19-24)43-21-42-27/h2-4,8-9,12-13,19,25-26H,5-7,10-11,14-18,20-21H2,1H3,(H,34,41)/t25-,26+/m1/s1. The van der Waals surface area contributed by atoms with Gasteiger partial charge in [0.2, 0.25) is 24.5 Å². The lowest BCUT2D eigenvalue weighted by molar-refractivity contribution is -0.143. The van der Waals surface area contributed by atoms with E-state index in [4.69, 9.17) is 14.5 Å². The summed E-state index contributed by atoms with van der Waals surface area (Å²) >= 11 is 0. The molecular weight excluding hydrogens is 548 g/mol. The lowest BCUT2D eigenvalue weighted by Crippen LogP contribution is -2.53. The van der Waals surface area contributed by atoms with E-state index in [1.54, 1.807) is 4.90 Å². The highest BCUT2D eigenvalue weighted by Crippen LogP contribution is 2.32. The molecule has 0 aliphatic carbocycles. The third-order valence-corrected chi connectivity index (χ3v) is 8.39. The molecule has 0 saturated carbocycles. The molecule has 2 atom stereocenters. The summed E-state index contributed by atoms with van der Waals surface area (Å²) in [6.07, 6.45) is 3.91. The van der Waals surface area contributed by atoms with Gasteiger partial charge in [-0.25, -0.2) is 9.67 Å². The third-order valence-electron chi connectivity index (χ3n) is 8.39. The van der Waals surface area contributed by atoms with Gasteiger partial charge in [0.1, 0.15) is 17.7 Å². The molecule has 0 spiro atoms. The van der Waals surface area contributed by atoms with E-state index < -0.39 is 12.1 Å². The summed E-state index contributed by atoms with van der Waals surface area (Å²) < 4.78 is 12.7. The Bertz CT molecular complexity index is 1470. The van der Waals surface area contributed by atoms with Gasteiger partial charge < -0.3 is 24.6 Å².